The molecule has 0 aromatic heterocycles. The molecule has 2 aliphatic carbocycles. The fourth-order valence-electron chi connectivity index (χ4n) is 3.86. The molecule has 0 amide bonds. The van der Waals surface area contributed by atoms with Crippen molar-refractivity contribution in [2.24, 2.45) is 5.92 Å². The molecule has 3 heteroatoms. The number of hydrogen-bond acceptors (Lipinski definition) is 1. The Morgan fingerprint density at radius 3 is 2.54 bits per heavy atom. The van der Waals surface area contributed by atoms with E-state index in [1.807, 2.05) is 0 Å². The van der Waals surface area contributed by atoms with Gasteiger partial charge in [0.05, 0.1) is 0 Å². The van der Waals surface area contributed by atoms with Crippen molar-refractivity contribution in [1.82, 2.24) is 5.32 Å². The van der Waals surface area contributed by atoms with Crippen LogP contribution in [0.1, 0.15) is 50.5 Å². The normalized spacial score (nSPS) is 24.0. The van der Waals surface area contributed by atoms with E-state index in [0.29, 0.717) is 6.04 Å². The molecular formula is C21H27F2N. The highest BCUT2D eigenvalue weighted by Gasteiger charge is 2.22. The summed E-state index contributed by atoms with van der Waals surface area (Å²) in [7, 11) is 0. The molecular weight excluding hydrogens is 304 g/mol. The fourth-order valence-corrected chi connectivity index (χ4v) is 3.86. The lowest BCUT2D eigenvalue weighted by atomic mass is 9.80. The molecule has 0 bridgehead atoms. The number of halogens is 2. The Hall–Kier alpha value is -1.48. The Morgan fingerprint density at radius 2 is 1.83 bits per heavy atom. The van der Waals surface area contributed by atoms with Gasteiger partial charge in [-0.15, -0.1) is 0 Å². The number of hydrogen-bond donors (Lipinski definition) is 1. The van der Waals surface area contributed by atoms with Crippen molar-refractivity contribution in [1.29, 1.82) is 0 Å². The summed E-state index contributed by atoms with van der Waals surface area (Å²) in [6.45, 7) is 0.941. The van der Waals surface area contributed by atoms with Crippen molar-refractivity contribution in [3.8, 4) is 0 Å². The molecule has 1 N–H and O–H groups in total. The van der Waals surface area contributed by atoms with Gasteiger partial charge in [0.2, 0.25) is 0 Å². The highest BCUT2D eigenvalue weighted by Crippen LogP contribution is 2.32. The summed E-state index contributed by atoms with van der Waals surface area (Å²) in [5.74, 6) is -0.761. The van der Waals surface area contributed by atoms with Gasteiger partial charge in [0.15, 0.2) is 11.6 Å². The fraction of sp³-hybridized carbons (Fsp3) is 0.524. The van der Waals surface area contributed by atoms with Crippen LogP contribution in [0, 0.1) is 17.6 Å². The Labute approximate surface area is 143 Å². The van der Waals surface area contributed by atoms with Crippen molar-refractivity contribution in [3.63, 3.8) is 0 Å². The third-order valence-electron chi connectivity index (χ3n) is 5.28. The number of aryl methyl sites for hydroxylation is 1. The van der Waals surface area contributed by atoms with Crippen LogP contribution in [0.3, 0.4) is 0 Å². The minimum absolute atomic E-state index is 0.611. The van der Waals surface area contributed by atoms with Crippen LogP contribution in [-0.2, 0) is 6.42 Å². The SMILES string of the molecule is Fc1ccc(CCCNC2CCC(C3=CCCC=C3)CC2)cc1F. The Morgan fingerprint density at radius 1 is 1.00 bits per heavy atom. The molecule has 130 valence electrons. The van der Waals surface area contributed by atoms with Gasteiger partial charge in [-0.25, -0.2) is 8.78 Å². The second kappa shape index (κ2) is 8.57. The number of benzene rings is 1. The molecule has 0 spiro atoms. The number of nitrogens with one attached hydrogen (secondary N) is 1. The van der Waals surface area contributed by atoms with E-state index >= 15 is 0 Å². The van der Waals surface area contributed by atoms with Gasteiger partial charge >= 0.3 is 0 Å². The van der Waals surface area contributed by atoms with E-state index in [4.69, 9.17) is 0 Å². The van der Waals surface area contributed by atoms with Crippen LogP contribution in [0.2, 0.25) is 0 Å². The first-order chi connectivity index (χ1) is 11.7. The van der Waals surface area contributed by atoms with Gasteiger partial charge in [-0.1, -0.05) is 24.3 Å². The van der Waals surface area contributed by atoms with Crippen LogP contribution in [0.4, 0.5) is 8.78 Å². The average Bonchev–Trinajstić information content (AvgIpc) is 2.63. The van der Waals surface area contributed by atoms with E-state index in [-0.39, 0.29) is 0 Å². The average molecular weight is 331 g/mol. The monoisotopic (exact) mass is 331 g/mol. The summed E-state index contributed by atoms with van der Waals surface area (Å²) < 4.78 is 26.1. The second-order valence-electron chi connectivity index (χ2n) is 7.04. The lowest BCUT2D eigenvalue weighted by Gasteiger charge is -2.30. The molecule has 0 atom stereocenters. The van der Waals surface area contributed by atoms with E-state index in [0.717, 1.165) is 30.9 Å². The molecule has 24 heavy (non-hydrogen) atoms. The third-order valence-corrected chi connectivity index (χ3v) is 5.28. The second-order valence-corrected chi connectivity index (χ2v) is 7.04. The maximum Gasteiger partial charge on any atom is 0.159 e. The minimum atomic E-state index is -0.767. The maximum atomic E-state index is 13.2. The van der Waals surface area contributed by atoms with Gasteiger partial charge in [-0.05, 0) is 87.1 Å². The quantitative estimate of drug-likeness (QED) is 0.695. The molecule has 0 unspecified atom stereocenters. The minimum Gasteiger partial charge on any atom is -0.314 e. The van der Waals surface area contributed by atoms with Crippen molar-refractivity contribution in [3.05, 3.63) is 59.2 Å². The molecule has 0 heterocycles. The standard InChI is InChI=1S/C21H27F2N/c22-20-13-8-16(15-21(20)23)5-4-14-24-19-11-9-18(10-12-19)17-6-2-1-3-7-17/h2,6-8,13,15,18-19,24H,1,3-5,9-12,14H2. The van der Waals surface area contributed by atoms with Gasteiger partial charge in [-0.2, -0.15) is 0 Å². The Kier molecular flexibility index (Phi) is 6.19. The first-order valence-electron chi connectivity index (χ1n) is 9.26. The molecule has 1 nitrogen and oxygen atoms in total. The predicted octanol–water partition coefficient (Wildman–Crippen LogP) is 5.32. The molecule has 1 fully saturated rings. The van der Waals surface area contributed by atoms with E-state index < -0.39 is 11.6 Å². The molecule has 2 aliphatic rings. The van der Waals surface area contributed by atoms with Gasteiger partial charge < -0.3 is 5.32 Å². The number of allylic oxidation sites excluding steroid dienone is 4. The van der Waals surface area contributed by atoms with Gasteiger partial charge in [0.1, 0.15) is 0 Å². The van der Waals surface area contributed by atoms with Crippen molar-refractivity contribution in [2.75, 3.05) is 6.54 Å². The van der Waals surface area contributed by atoms with Crippen LogP contribution in [-0.4, -0.2) is 12.6 Å². The lowest BCUT2D eigenvalue weighted by Crippen LogP contribution is -2.34. The lowest BCUT2D eigenvalue weighted by molar-refractivity contribution is 0.320. The predicted molar refractivity (Wildman–Crippen MR) is 94.9 cm³/mol. The molecule has 0 aliphatic heterocycles. The van der Waals surface area contributed by atoms with Gasteiger partial charge in [0.25, 0.3) is 0 Å². The van der Waals surface area contributed by atoms with E-state index in [9.17, 15) is 8.78 Å². The van der Waals surface area contributed by atoms with E-state index in [2.05, 4.69) is 23.5 Å². The van der Waals surface area contributed by atoms with Crippen LogP contribution in [0.25, 0.3) is 0 Å². The number of rotatable bonds is 6. The Bertz CT molecular complexity index is 598. The molecule has 1 saturated carbocycles. The Balaban J connectivity index is 1.34. The zero-order valence-corrected chi connectivity index (χ0v) is 14.2. The summed E-state index contributed by atoms with van der Waals surface area (Å²) in [5.41, 5.74) is 2.42. The van der Waals surface area contributed by atoms with Crippen LogP contribution in [0.5, 0.6) is 0 Å². The topological polar surface area (TPSA) is 12.0 Å². The molecule has 1 aromatic carbocycles. The molecule has 1 aromatic rings. The van der Waals surface area contributed by atoms with Crippen LogP contribution in [0.15, 0.2) is 42.0 Å². The van der Waals surface area contributed by atoms with E-state index in [1.54, 1.807) is 11.6 Å². The molecule has 3 rings (SSSR count). The zero-order chi connectivity index (χ0) is 16.8. The summed E-state index contributed by atoms with van der Waals surface area (Å²) in [4.78, 5) is 0. The summed E-state index contributed by atoms with van der Waals surface area (Å²) >= 11 is 0. The van der Waals surface area contributed by atoms with Gasteiger partial charge in [-0.3, -0.25) is 0 Å². The third kappa shape index (κ3) is 4.76. The zero-order valence-electron chi connectivity index (χ0n) is 14.2. The highest BCUT2D eigenvalue weighted by molar-refractivity contribution is 5.25. The van der Waals surface area contributed by atoms with Crippen molar-refractivity contribution in [2.45, 2.75) is 57.4 Å². The van der Waals surface area contributed by atoms with Crippen molar-refractivity contribution >= 4 is 0 Å². The first kappa shape index (κ1) is 17.3. The largest absolute Gasteiger partial charge is 0.314 e. The summed E-state index contributed by atoms with van der Waals surface area (Å²) in [6, 6.07) is 4.81. The maximum absolute atomic E-state index is 13.2. The van der Waals surface area contributed by atoms with Crippen molar-refractivity contribution < 1.29 is 8.78 Å². The van der Waals surface area contributed by atoms with Crippen LogP contribution >= 0.6 is 0 Å². The first-order valence-corrected chi connectivity index (χ1v) is 9.26. The van der Waals surface area contributed by atoms with Gasteiger partial charge in [0, 0.05) is 6.04 Å². The van der Waals surface area contributed by atoms with E-state index in [1.165, 1.54) is 50.7 Å². The molecule has 0 radical (unpaired) electrons. The highest BCUT2D eigenvalue weighted by atomic mass is 19.2. The summed E-state index contributed by atoms with van der Waals surface area (Å²) in [6.07, 6.45) is 16.2. The van der Waals surface area contributed by atoms with Crippen LogP contribution < -0.4 is 5.32 Å². The summed E-state index contributed by atoms with van der Waals surface area (Å²) in [5, 5.41) is 3.64. The smallest absolute Gasteiger partial charge is 0.159 e. The molecule has 0 saturated heterocycles.